The second-order valence-electron chi connectivity index (χ2n) is 4.34. The van der Waals surface area contributed by atoms with Crippen molar-refractivity contribution in [3.05, 3.63) is 0 Å². The molecule has 0 aromatic rings. The van der Waals surface area contributed by atoms with E-state index < -0.39 is 0 Å². The van der Waals surface area contributed by atoms with Crippen molar-refractivity contribution in [3.63, 3.8) is 0 Å². The van der Waals surface area contributed by atoms with Gasteiger partial charge >= 0.3 is 0 Å². The molecule has 0 saturated carbocycles. The Morgan fingerprint density at radius 2 is 2.07 bits per heavy atom. The molecule has 1 saturated heterocycles. The maximum atomic E-state index is 8.68. The summed E-state index contributed by atoms with van der Waals surface area (Å²) in [7, 11) is 0. The van der Waals surface area contributed by atoms with E-state index in [0.29, 0.717) is 18.5 Å². The van der Waals surface area contributed by atoms with Crippen LogP contribution in [0.25, 0.3) is 0 Å². The lowest BCUT2D eigenvalue weighted by Gasteiger charge is -2.33. The van der Waals surface area contributed by atoms with Crippen LogP contribution in [0.4, 0.5) is 0 Å². The fourth-order valence-corrected chi connectivity index (χ4v) is 2.18. The van der Waals surface area contributed by atoms with Crippen LogP contribution < -0.4 is 5.32 Å². The summed E-state index contributed by atoms with van der Waals surface area (Å²) >= 11 is 0. The van der Waals surface area contributed by atoms with Gasteiger partial charge in [0.15, 0.2) is 0 Å². The van der Waals surface area contributed by atoms with Crippen LogP contribution in [0.3, 0.4) is 0 Å². The van der Waals surface area contributed by atoms with Crippen LogP contribution in [0.15, 0.2) is 0 Å². The molecule has 0 amide bonds. The van der Waals surface area contributed by atoms with E-state index in [1.165, 1.54) is 32.5 Å². The number of piperidine rings is 1. The highest BCUT2D eigenvalue weighted by atomic mass is 15.1. The average Bonchev–Trinajstić information content (AvgIpc) is 2.29. The molecule has 1 N–H and O–H groups in total. The third-order valence-electron chi connectivity index (χ3n) is 3.34. The first-order chi connectivity index (χ1) is 7.30. The third kappa shape index (κ3) is 4.19. The minimum atomic E-state index is 0.396. The summed E-state index contributed by atoms with van der Waals surface area (Å²) in [5, 5.41) is 12.3. The highest BCUT2D eigenvalue weighted by Gasteiger charge is 2.19. The summed E-state index contributed by atoms with van der Waals surface area (Å²) < 4.78 is 0. The summed E-state index contributed by atoms with van der Waals surface area (Å²) in [4.78, 5) is 2.49. The van der Waals surface area contributed by atoms with E-state index in [2.05, 4.69) is 30.1 Å². The molecule has 0 spiro atoms. The Bertz CT molecular complexity index is 201. The van der Waals surface area contributed by atoms with Crippen LogP contribution in [-0.2, 0) is 0 Å². The van der Waals surface area contributed by atoms with Gasteiger partial charge in [0.25, 0.3) is 0 Å². The van der Waals surface area contributed by atoms with Crippen molar-refractivity contribution in [2.75, 3.05) is 19.6 Å². The van der Waals surface area contributed by atoms with Crippen molar-refractivity contribution in [1.82, 2.24) is 10.2 Å². The van der Waals surface area contributed by atoms with Crippen LogP contribution in [0.1, 0.15) is 39.5 Å². The molecule has 0 radical (unpaired) electrons. The molecule has 3 nitrogen and oxygen atoms in total. The first-order valence-corrected chi connectivity index (χ1v) is 6.15. The SMILES string of the molecule is CCC(CC#N)NC1CCN(CC)CC1. The van der Waals surface area contributed by atoms with Crippen molar-refractivity contribution in [2.45, 2.75) is 51.6 Å². The van der Waals surface area contributed by atoms with Crippen molar-refractivity contribution < 1.29 is 0 Å². The maximum absolute atomic E-state index is 8.68. The molecule has 0 aromatic carbocycles. The van der Waals surface area contributed by atoms with Gasteiger partial charge in [-0.15, -0.1) is 0 Å². The van der Waals surface area contributed by atoms with E-state index in [-0.39, 0.29) is 0 Å². The zero-order chi connectivity index (χ0) is 11.1. The Kier molecular flexibility index (Phi) is 5.67. The molecule has 1 heterocycles. The molecular weight excluding hydrogens is 186 g/mol. The molecule has 1 unspecified atom stereocenters. The summed E-state index contributed by atoms with van der Waals surface area (Å²) in [5.74, 6) is 0. The first kappa shape index (κ1) is 12.5. The second-order valence-corrected chi connectivity index (χ2v) is 4.34. The molecule has 0 bridgehead atoms. The van der Waals surface area contributed by atoms with E-state index in [9.17, 15) is 0 Å². The van der Waals surface area contributed by atoms with Crippen molar-refractivity contribution in [1.29, 1.82) is 5.26 Å². The lowest BCUT2D eigenvalue weighted by atomic mass is 10.0. The lowest BCUT2D eigenvalue weighted by Crippen LogP contribution is -2.45. The number of hydrogen-bond donors (Lipinski definition) is 1. The summed E-state index contributed by atoms with van der Waals surface area (Å²) in [6.45, 7) is 7.95. The molecule has 0 aliphatic carbocycles. The molecule has 15 heavy (non-hydrogen) atoms. The van der Waals surface area contributed by atoms with E-state index in [4.69, 9.17) is 5.26 Å². The second kappa shape index (κ2) is 6.81. The van der Waals surface area contributed by atoms with Gasteiger partial charge in [-0.05, 0) is 38.9 Å². The number of nitrogens with one attached hydrogen (secondary N) is 1. The van der Waals surface area contributed by atoms with Gasteiger partial charge in [0.2, 0.25) is 0 Å². The average molecular weight is 209 g/mol. The number of likely N-dealkylation sites (tertiary alicyclic amines) is 1. The third-order valence-corrected chi connectivity index (χ3v) is 3.34. The Morgan fingerprint density at radius 3 is 2.53 bits per heavy atom. The summed E-state index contributed by atoms with van der Waals surface area (Å²) in [5.41, 5.74) is 0. The molecule has 1 rings (SSSR count). The lowest BCUT2D eigenvalue weighted by molar-refractivity contribution is 0.198. The van der Waals surface area contributed by atoms with Gasteiger partial charge in [-0.2, -0.15) is 5.26 Å². The van der Waals surface area contributed by atoms with Crippen LogP contribution in [0.5, 0.6) is 0 Å². The van der Waals surface area contributed by atoms with E-state index >= 15 is 0 Å². The molecular formula is C12H23N3. The smallest absolute Gasteiger partial charge is 0.0638 e. The van der Waals surface area contributed by atoms with Gasteiger partial charge in [0.05, 0.1) is 12.5 Å². The van der Waals surface area contributed by atoms with Crippen LogP contribution >= 0.6 is 0 Å². The molecule has 0 aromatic heterocycles. The first-order valence-electron chi connectivity index (χ1n) is 6.15. The number of nitriles is 1. The van der Waals surface area contributed by atoms with Gasteiger partial charge in [-0.25, -0.2) is 0 Å². The molecule has 86 valence electrons. The van der Waals surface area contributed by atoms with Crippen LogP contribution in [0, 0.1) is 11.3 Å². The van der Waals surface area contributed by atoms with Gasteiger partial charge in [0.1, 0.15) is 0 Å². The molecule has 3 heteroatoms. The largest absolute Gasteiger partial charge is 0.310 e. The topological polar surface area (TPSA) is 39.1 Å². The molecule has 1 fully saturated rings. The Hall–Kier alpha value is -0.590. The van der Waals surface area contributed by atoms with Crippen LogP contribution in [0.2, 0.25) is 0 Å². The standard InChI is InChI=1S/C12H23N3/c1-3-11(5-8-13)14-12-6-9-15(4-2)10-7-12/h11-12,14H,3-7,9-10H2,1-2H3. The Balaban J connectivity index is 2.25. The molecule has 1 aliphatic rings. The Morgan fingerprint density at radius 1 is 1.40 bits per heavy atom. The maximum Gasteiger partial charge on any atom is 0.0638 e. The van der Waals surface area contributed by atoms with Gasteiger partial charge in [0, 0.05) is 12.1 Å². The fraction of sp³-hybridized carbons (Fsp3) is 0.917. The van der Waals surface area contributed by atoms with E-state index in [1.54, 1.807) is 0 Å². The summed E-state index contributed by atoms with van der Waals surface area (Å²) in [6.07, 6.45) is 4.16. The van der Waals surface area contributed by atoms with Crippen molar-refractivity contribution >= 4 is 0 Å². The monoisotopic (exact) mass is 209 g/mol. The number of rotatable bonds is 5. The minimum Gasteiger partial charge on any atom is -0.310 e. The highest BCUT2D eigenvalue weighted by Crippen LogP contribution is 2.11. The number of hydrogen-bond acceptors (Lipinski definition) is 3. The van der Waals surface area contributed by atoms with Gasteiger partial charge < -0.3 is 10.2 Å². The van der Waals surface area contributed by atoms with Gasteiger partial charge in [-0.1, -0.05) is 13.8 Å². The van der Waals surface area contributed by atoms with E-state index in [1.807, 2.05) is 0 Å². The van der Waals surface area contributed by atoms with Gasteiger partial charge in [-0.3, -0.25) is 0 Å². The zero-order valence-electron chi connectivity index (χ0n) is 10.00. The summed E-state index contributed by atoms with van der Waals surface area (Å²) in [6, 6.07) is 3.28. The Labute approximate surface area is 93.5 Å². The predicted octanol–water partition coefficient (Wildman–Crippen LogP) is 1.75. The van der Waals surface area contributed by atoms with E-state index in [0.717, 1.165) is 6.42 Å². The fourth-order valence-electron chi connectivity index (χ4n) is 2.18. The molecule has 1 aliphatic heterocycles. The molecule has 1 atom stereocenters. The predicted molar refractivity (Wildman–Crippen MR) is 62.6 cm³/mol. The highest BCUT2D eigenvalue weighted by molar-refractivity contribution is 4.85. The minimum absolute atomic E-state index is 0.396. The zero-order valence-corrected chi connectivity index (χ0v) is 10.00. The quantitative estimate of drug-likeness (QED) is 0.750. The van der Waals surface area contributed by atoms with Crippen molar-refractivity contribution in [2.24, 2.45) is 0 Å². The van der Waals surface area contributed by atoms with Crippen LogP contribution in [-0.4, -0.2) is 36.6 Å². The normalized spacial score (nSPS) is 21.1. The van der Waals surface area contributed by atoms with Crippen molar-refractivity contribution in [3.8, 4) is 6.07 Å². The number of nitrogens with zero attached hydrogens (tertiary/aromatic N) is 2.